The van der Waals surface area contributed by atoms with Gasteiger partial charge in [-0.25, -0.2) is 0 Å². The Balaban J connectivity index is 2.01. The highest BCUT2D eigenvalue weighted by Gasteiger charge is 2.21. The molecule has 2 heterocycles. The summed E-state index contributed by atoms with van der Waals surface area (Å²) in [4.78, 5) is 18.8. The number of piperazine rings is 1. The third kappa shape index (κ3) is 2.95. The topological polar surface area (TPSA) is 62.5 Å². The van der Waals surface area contributed by atoms with Gasteiger partial charge in [-0.3, -0.25) is 4.90 Å². The molecule has 0 bridgehead atoms. The number of rotatable bonds is 4. The van der Waals surface area contributed by atoms with E-state index >= 15 is 0 Å². The fraction of sp³-hybridized carbons (Fsp3) is 0.500. The van der Waals surface area contributed by atoms with Crippen molar-refractivity contribution in [3.8, 4) is 0 Å². The van der Waals surface area contributed by atoms with Crippen LogP contribution >= 0.6 is 0 Å². The summed E-state index contributed by atoms with van der Waals surface area (Å²) < 4.78 is 0. The van der Waals surface area contributed by atoms with Crippen molar-refractivity contribution in [2.24, 2.45) is 0 Å². The Morgan fingerprint density at radius 2 is 2.11 bits per heavy atom. The van der Waals surface area contributed by atoms with E-state index < -0.39 is 4.92 Å². The first-order valence-electron chi connectivity index (χ1n) is 6.07. The van der Waals surface area contributed by atoms with Gasteiger partial charge in [0, 0.05) is 44.9 Å². The number of nitro groups is 1. The second-order valence-electron chi connectivity index (χ2n) is 4.31. The highest BCUT2D eigenvalue weighted by molar-refractivity contribution is 5.42. The highest BCUT2D eigenvalue weighted by Crippen LogP contribution is 2.17. The van der Waals surface area contributed by atoms with E-state index in [1.807, 2.05) is 6.07 Å². The predicted octanol–water partition coefficient (Wildman–Crippen LogP) is 1.34. The molecule has 1 fully saturated rings. The Morgan fingerprint density at radius 1 is 1.39 bits per heavy atom. The molecule has 0 unspecified atom stereocenters. The summed E-state index contributed by atoms with van der Waals surface area (Å²) in [5.41, 5.74) is 0. The van der Waals surface area contributed by atoms with Crippen molar-refractivity contribution in [2.75, 3.05) is 37.6 Å². The molecule has 1 radical (unpaired) electrons. The number of anilines is 1. The summed E-state index contributed by atoms with van der Waals surface area (Å²) in [5, 5.41) is 10.7. The SMILES string of the molecule is C[CH]CN1CCN(c2cccc([N+](=O)[O-])n2)CC1. The summed E-state index contributed by atoms with van der Waals surface area (Å²) in [6.45, 7) is 6.71. The van der Waals surface area contributed by atoms with Crippen LogP contribution in [-0.2, 0) is 0 Å². The van der Waals surface area contributed by atoms with Crippen molar-refractivity contribution in [3.63, 3.8) is 0 Å². The minimum Gasteiger partial charge on any atom is -0.358 e. The van der Waals surface area contributed by atoms with E-state index in [4.69, 9.17) is 0 Å². The zero-order valence-electron chi connectivity index (χ0n) is 10.5. The first-order valence-corrected chi connectivity index (χ1v) is 6.07. The average Bonchev–Trinajstić information content (AvgIpc) is 2.40. The maximum absolute atomic E-state index is 10.7. The largest absolute Gasteiger partial charge is 0.365 e. The van der Waals surface area contributed by atoms with E-state index in [0.29, 0.717) is 5.82 Å². The van der Waals surface area contributed by atoms with E-state index in [9.17, 15) is 10.1 Å². The van der Waals surface area contributed by atoms with Gasteiger partial charge in [0.05, 0.1) is 0 Å². The van der Waals surface area contributed by atoms with Crippen LogP contribution < -0.4 is 4.90 Å². The van der Waals surface area contributed by atoms with Crippen LogP contribution in [0, 0.1) is 16.5 Å². The Bertz CT molecular complexity index is 416. The smallest absolute Gasteiger partial charge is 0.358 e. The van der Waals surface area contributed by atoms with Crippen LogP contribution in [0.5, 0.6) is 0 Å². The monoisotopic (exact) mass is 249 g/mol. The van der Waals surface area contributed by atoms with Crippen molar-refractivity contribution in [1.82, 2.24) is 9.88 Å². The van der Waals surface area contributed by atoms with Crippen LogP contribution in [0.25, 0.3) is 0 Å². The molecule has 18 heavy (non-hydrogen) atoms. The maximum atomic E-state index is 10.7. The number of hydrogen-bond acceptors (Lipinski definition) is 5. The lowest BCUT2D eigenvalue weighted by molar-refractivity contribution is -0.389. The summed E-state index contributed by atoms with van der Waals surface area (Å²) in [5.74, 6) is 0.612. The summed E-state index contributed by atoms with van der Waals surface area (Å²) >= 11 is 0. The average molecular weight is 249 g/mol. The molecule has 1 aromatic rings. The van der Waals surface area contributed by atoms with Gasteiger partial charge >= 0.3 is 5.82 Å². The third-order valence-electron chi connectivity index (χ3n) is 3.04. The quantitative estimate of drug-likeness (QED) is 0.595. The van der Waals surface area contributed by atoms with Crippen molar-refractivity contribution < 1.29 is 4.92 Å². The standard InChI is InChI=1S/C12H17N4O2/c1-2-6-14-7-9-15(10-8-14)11-4-3-5-12(13-11)16(17)18/h2-5H,6-10H2,1H3. The van der Waals surface area contributed by atoms with Gasteiger partial charge in [-0.2, -0.15) is 0 Å². The van der Waals surface area contributed by atoms with Crippen LogP contribution in [0.3, 0.4) is 0 Å². The Labute approximate surface area is 106 Å². The molecule has 6 heteroatoms. The second-order valence-corrected chi connectivity index (χ2v) is 4.31. The van der Waals surface area contributed by atoms with Gasteiger partial charge in [0.15, 0.2) is 0 Å². The molecule has 0 aliphatic carbocycles. The maximum Gasteiger partial charge on any atom is 0.365 e. The fourth-order valence-electron chi connectivity index (χ4n) is 2.11. The van der Waals surface area contributed by atoms with Crippen molar-refractivity contribution in [1.29, 1.82) is 0 Å². The Kier molecular flexibility index (Phi) is 4.09. The first-order chi connectivity index (χ1) is 8.70. The minimum absolute atomic E-state index is 0.0863. The molecule has 2 rings (SSSR count). The number of hydrogen-bond donors (Lipinski definition) is 0. The molecular formula is C12H17N4O2. The molecule has 0 amide bonds. The van der Waals surface area contributed by atoms with E-state index in [1.54, 1.807) is 6.07 Å². The van der Waals surface area contributed by atoms with E-state index in [-0.39, 0.29) is 5.82 Å². The van der Waals surface area contributed by atoms with Crippen LogP contribution in [-0.4, -0.2) is 47.5 Å². The molecule has 1 aliphatic heterocycles. The molecule has 0 aromatic carbocycles. The lowest BCUT2D eigenvalue weighted by Crippen LogP contribution is -2.46. The molecule has 6 nitrogen and oxygen atoms in total. The van der Waals surface area contributed by atoms with E-state index in [2.05, 4.69) is 28.1 Å². The molecular weight excluding hydrogens is 232 g/mol. The summed E-state index contributed by atoms with van der Waals surface area (Å²) in [7, 11) is 0. The Morgan fingerprint density at radius 3 is 2.72 bits per heavy atom. The van der Waals surface area contributed by atoms with Crippen LogP contribution in [0.2, 0.25) is 0 Å². The first kappa shape index (κ1) is 12.8. The van der Waals surface area contributed by atoms with Gasteiger partial charge in [-0.1, -0.05) is 6.92 Å². The zero-order valence-corrected chi connectivity index (χ0v) is 10.5. The normalized spacial score (nSPS) is 16.8. The third-order valence-corrected chi connectivity index (χ3v) is 3.04. The van der Waals surface area contributed by atoms with Crippen molar-refractivity contribution >= 4 is 11.6 Å². The molecule has 0 saturated carbocycles. The lowest BCUT2D eigenvalue weighted by Gasteiger charge is -2.33. The number of nitrogens with zero attached hydrogens (tertiary/aromatic N) is 4. The predicted molar refractivity (Wildman–Crippen MR) is 69.5 cm³/mol. The number of pyridine rings is 1. The molecule has 1 aliphatic rings. The van der Waals surface area contributed by atoms with E-state index in [1.165, 1.54) is 6.07 Å². The highest BCUT2D eigenvalue weighted by atomic mass is 16.6. The van der Waals surface area contributed by atoms with E-state index in [0.717, 1.165) is 32.7 Å². The van der Waals surface area contributed by atoms with Crippen LogP contribution in [0.15, 0.2) is 18.2 Å². The minimum atomic E-state index is -0.453. The summed E-state index contributed by atoms with van der Waals surface area (Å²) in [6, 6.07) is 4.94. The lowest BCUT2D eigenvalue weighted by atomic mass is 10.3. The van der Waals surface area contributed by atoms with Crippen LogP contribution in [0.4, 0.5) is 11.6 Å². The second kappa shape index (κ2) is 5.77. The van der Waals surface area contributed by atoms with Gasteiger partial charge in [0.1, 0.15) is 0 Å². The van der Waals surface area contributed by atoms with Crippen molar-refractivity contribution in [3.05, 3.63) is 34.7 Å². The number of aromatic nitrogens is 1. The van der Waals surface area contributed by atoms with Gasteiger partial charge in [0.25, 0.3) is 0 Å². The van der Waals surface area contributed by atoms with Crippen molar-refractivity contribution in [2.45, 2.75) is 6.92 Å². The fourth-order valence-corrected chi connectivity index (χ4v) is 2.11. The summed E-state index contributed by atoms with van der Waals surface area (Å²) in [6.07, 6.45) is 2.14. The molecule has 1 saturated heterocycles. The molecule has 1 aromatic heterocycles. The Hall–Kier alpha value is -1.69. The zero-order chi connectivity index (χ0) is 13.0. The van der Waals surface area contributed by atoms with Gasteiger partial charge in [-0.05, 0) is 22.4 Å². The van der Waals surface area contributed by atoms with Gasteiger partial charge < -0.3 is 15.0 Å². The molecule has 0 atom stereocenters. The molecule has 0 spiro atoms. The molecule has 0 N–H and O–H groups in total. The van der Waals surface area contributed by atoms with Gasteiger partial charge in [0.2, 0.25) is 5.82 Å². The molecule has 97 valence electrons. The van der Waals surface area contributed by atoms with Gasteiger partial charge in [-0.15, -0.1) is 0 Å². The van der Waals surface area contributed by atoms with Crippen LogP contribution in [0.1, 0.15) is 6.92 Å².